The van der Waals surface area contributed by atoms with Gasteiger partial charge in [-0.25, -0.2) is 9.38 Å². The standard InChI is InChI=1S/C19H28F4N4.HI/c1-2-24-18(25-9-3-4-10-27-11-5-6-12-27)26-14-15-7-8-16(20)13-17(15)19(21,22)23;/h7-8,13H,2-6,9-12,14H2,1H3,(H2,24,25,26);1H. The molecule has 1 aromatic rings. The number of hydrogen-bond donors (Lipinski definition) is 2. The number of rotatable bonds is 8. The Balaban J connectivity index is 0.00000392. The molecule has 0 saturated carbocycles. The fourth-order valence-corrected chi connectivity index (χ4v) is 3.13. The van der Waals surface area contributed by atoms with E-state index in [4.69, 9.17) is 0 Å². The van der Waals surface area contributed by atoms with Crippen molar-refractivity contribution in [3.63, 3.8) is 0 Å². The van der Waals surface area contributed by atoms with E-state index in [1.807, 2.05) is 6.92 Å². The molecular weight excluding hydrogens is 487 g/mol. The lowest BCUT2D eigenvalue weighted by atomic mass is 10.1. The van der Waals surface area contributed by atoms with Crippen LogP contribution in [0.3, 0.4) is 0 Å². The van der Waals surface area contributed by atoms with Crippen LogP contribution in [0.25, 0.3) is 0 Å². The highest BCUT2D eigenvalue weighted by atomic mass is 127. The van der Waals surface area contributed by atoms with Gasteiger partial charge in [-0.05, 0) is 69.9 Å². The van der Waals surface area contributed by atoms with Crippen molar-refractivity contribution in [3.05, 3.63) is 35.1 Å². The lowest BCUT2D eigenvalue weighted by molar-refractivity contribution is -0.138. The van der Waals surface area contributed by atoms with Crippen LogP contribution in [0.4, 0.5) is 17.6 Å². The molecule has 1 aliphatic heterocycles. The first-order valence-electron chi connectivity index (χ1n) is 9.50. The molecule has 0 radical (unpaired) electrons. The van der Waals surface area contributed by atoms with Gasteiger partial charge in [0.2, 0.25) is 0 Å². The van der Waals surface area contributed by atoms with E-state index >= 15 is 0 Å². The van der Waals surface area contributed by atoms with E-state index in [0.717, 1.165) is 31.5 Å². The second-order valence-electron chi connectivity index (χ2n) is 6.68. The molecular formula is C19H29F4IN4. The summed E-state index contributed by atoms with van der Waals surface area (Å²) in [6.07, 6.45) is -0.0142. The van der Waals surface area contributed by atoms with Crippen molar-refractivity contribution in [2.75, 3.05) is 32.7 Å². The van der Waals surface area contributed by atoms with Crippen LogP contribution in [-0.2, 0) is 12.7 Å². The molecule has 4 nitrogen and oxygen atoms in total. The predicted octanol–water partition coefficient (Wildman–Crippen LogP) is 4.39. The van der Waals surface area contributed by atoms with E-state index in [1.54, 1.807) is 0 Å². The van der Waals surface area contributed by atoms with Crippen LogP contribution in [0.15, 0.2) is 23.2 Å². The van der Waals surface area contributed by atoms with E-state index in [2.05, 4.69) is 20.5 Å². The van der Waals surface area contributed by atoms with Gasteiger partial charge < -0.3 is 15.5 Å². The maximum Gasteiger partial charge on any atom is 0.416 e. The van der Waals surface area contributed by atoms with Gasteiger partial charge in [0.1, 0.15) is 5.82 Å². The Morgan fingerprint density at radius 1 is 1.14 bits per heavy atom. The number of halogens is 5. The summed E-state index contributed by atoms with van der Waals surface area (Å²) in [7, 11) is 0. The Kier molecular flexibility index (Phi) is 11.1. The molecule has 0 unspecified atom stereocenters. The van der Waals surface area contributed by atoms with Crippen molar-refractivity contribution in [2.45, 2.75) is 45.3 Å². The highest BCUT2D eigenvalue weighted by Crippen LogP contribution is 2.32. The van der Waals surface area contributed by atoms with Gasteiger partial charge in [-0.3, -0.25) is 0 Å². The van der Waals surface area contributed by atoms with Crippen molar-refractivity contribution in [2.24, 2.45) is 4.99 Å². The number of alkyl halides is 3. The van der Waals surface area contributed by atoms with Gasteiger partial charge in [0, 0.05) is 13.1 Å². The number of nitrogens with one attached hydrogen (secondary N) is 2. The zero-order chi connectivity index (χ0) is 19.7. The summed E-state index contributed by atoms with van der Waals surface area (Å²) in [5.74, 6) is -0.436. The SMILES string of the molecule is CCNC(=NCc1ccc(F)cc1C(F)(F)F)NCCCCN1CCCC1.I. The molecule has 2 rings (SSSR count). The predicted molar refractivity (Wildman–Crippen MR) is 115 cm³/mol. The van der Waals surface area contributed by atoms with Crippen molar-refractivity contribution >= 4 is 29.9 Å². The summed E-state index contributed by atoms with van der Waals surface area (Å²) in [6, 6.07) is 2.68. The third-order valence-corrected chi connectivity index (χ3v) is 4.52. The number of unbranched alkanes of at least 4 members (excludes halogenated alkanes) is 1. The number of guanidine groups is 1. The molecule has 28 heavy (non-hydrogen) atoms. The number of likely N-dealkylation sites (tertiary alicyclic amines) is 1. The molecule has 1 fully saturated rings. The van der Waals surface area contributed by atoms with Crippen LogP contribution in [-0.4, -0.2) is 43.6 Å². The van der Waals surface area contributed by atoms with Crippen molar-refractivity contribution in [3.8, 4) is 0 Å². The largest absolute Gasteiger partial charge is 0.416 e. The lowest BCUT2D eigenvalue weighted by Crippen LogP contribution is -2.38. The summed E-state index contributed by atoms with van der Waals surface area (Å²) in [6.45, 7) is 6.47. The fraction of sp³-hybridized carbons (Fsp3) is 0.632. The highest BCUT2D eigenvalue weighted by molar-refractivity contribution is 14.0. The summed E-state index contributed by atoms with van der Waals surface area (Å²) in [5.41, 5.74) is -1.03. The molecule has 1 heterocycles. The van der Waals surface area contributed by atoms with Crippen LogP contribution >= 0.6 is 24.0 Å². The minimum Gasteiger partial charge on any atom is -0.357 e. The van der Waals surface area contributed by atoms with Gasteiger partial charge in [-0.15, -0.1) is 24.0 Å². The summed E-state index contributed by atoms with van der Waals surface area (Å²) >= 11 is 0. The van der Waals surface area contributed by atoms with E-state index in [9.17, 15) is 17.6 Å². The molecule has 1 aliphatic rings. The molecule has 0 aromatic heterocycles. The number of nitrogens with zero attached hydrogens (tertiary/aromatic N) is 2. The third-order valence-electron chi connectivity index (χ3n) is 4.52. The minimum atomic E-state index is -4.60. The van der Waals surface area contributed by atoms with Crippen molar-refractivity contribution in [1.82, 2.24) is 15.5 Å². The van der Waals surface area contributed by atoms with E-state index in [-0.39, 0.29) is 36.1 Å². The quantitative estimate of drug-likeness (QED) is 0.177. The summed E-state index contributed by atoms with van der Waals surface area (Å²) in [5, 5.41) is 6.18. The van der Waals surface area contributed by atoms with Crippen LogP contribution in [0.2, 0.25) is 0 Å². The van der Waals surface area contributed by atoms with Gasteiger partial charge in [-0.2, -0.15) is 13.2 Å². The zero-order valence-electron chi connectivity index (χ0n) is 16.1. The number of aliphatic imine (C=N–C) groups is 1. The second-order valence-corrected chi connectivity index (χ2v) is 6.68. The fourth-order valence-electron chi connectivity index (χ4n) is 3.13. The smallest absolute Gasteiger partial charge is 0.357 e. The third kappa shape index (κ3) is 8.50. The molecule has 0 bridgehead atoms. The first-order valence-corrected chi connectivity index (χ1v) is 9.50. The molecule has 1 aromatic carbocycles. The first-order chi connectivity index (χ1) is 12.9. The highest BCUT2D eigenvalue weighted by Gasteiger charge is 2.33. The Morgan fingerprint density at radius 3 is 2.50 bits per heavy atom. The second kappa shape index (κ2) is 12.5. The Morgan fingerprint density at radius 2 is 1.86 bits per heavy atom. The minimum absolute atomic E-state index is 0. The van der Waals surface area contributed by atoms with Crippen molar-refractivity contribution < 1.29 is 17.6 Å². The van der Waals surface area contributed by atoms with Gasteiger partial charge in [0.05, 0.1) is 12.1 Å². The maximum absolute atomic E-state index is 13.2. The molecule has 160 valence electrons. The van der Waals surface area contributed by atoms with Gasteiger partial charge in [0.15, 0.2) is 5.96 Å². The van der Waals surface area contributed by atoms with Crippen LogP contribution in [0.1, 0.15) is 43.7 Å². The lowest BCUT2D eigenvalue weighted by Gasteiger charge is -2.15. The van der Waals surface area contributed by atoms with Crippen molar-refractivity contribution in [1.29, 1.82) is 0 Å². The monoisotopic (exact) mass is 516 g/mol. The molecule has 0 atom stereocenters. The van der Waals surface area contributed by atoms with E-state index in [1.165, 1.54) is 25.9 Å². The summed E-state index contributed by atoms with van der Waals surface area (Å²) < 4.78 is 52.4. The molecule has 0 aliphatic carbocycles. The molecule has 2 N–H and O–H groups in total. The first kappa shape index (κ1) is 24.9. The zero-order valence-corrected chi connectivity index (χ0v) is 18.4. The normalized spacial score (nSPS) is 15.4. The van der Waals surface area contributed by atoms with Crippen LogP contribution in [0.5, 0.6) is 0 Å². The van der Waals surface area contributed by atoms with Crippen LogP contribution in [0, 0.1) is 5.82 Å². The van der Waals surface area contributed by atoms with Gasteiger partial charge >= 0.3 is 6.18 Å². The Bertz CT molecular complexity index is 616. The molecule has 1 saturated heterocycles. The molecule has 0 spiro atoms. The molecule has 0 amide bonds. The van der Waals surface area contributed by atoms with Gasteiger partial charge in [0.25, 0.3) is 0 Å². The van der Waals surface area contributed by atoms with E-state index in [0.29, 0.717) is 25.1 Å². The maximum atomic E-state index is 13.2. The Labute approximate surface area is 181 Å². The van der Waals surface area contributed by atoms with E-state index < -0.39 is 17.6 Å². The number of benzene rings is 1. The van der Waals surface area contributed by atoms with Crippen LogP contribution < -0.4 is 10.6 Å². The average molecular weight is 516 g/mol. The number of hydrogen-bond acceptors (Lipinski definition) is 2. The Hall–Kier alpha value is -1.10. The van der Waals surface area contributed by atoms with Gasteiger partial charge in [-0.1, -0.05) is 6.07 Å². The topological polar surface area (TPSA) is 39.7 Å². The molecule has 9 heteroatoms. The average Bonchev–Trinajstić information content (AvgIpc) is 3.12. The summed E-state index contributed by atoms with van der Waals surface area (Å²) in [4.78, 5) is 6.68.